The quantitative estimate of drug-likeness (QED) is 0.898. The van der Waals surface area contributed by atoms with Crippen LogP contribution in [-0.4, -0.2) is 30.9 Å². The van der Waals surface area contributed by atoms with Crippen LogP contribution in [0.1, 0.15) is 31.9 Å². The van der Waals surface area contributed by atoms with Gasteiger partial charge in [0.25, 0.3) is 0 Å². The van der Waals surface area contributed by atoms with E-state index in [1.807, 2.05) is 14.0 Å². The highest BCUT2D eigenvalue weighted by atomic mass is 19.1. The number of nitrogens with zero attached hydrogens (tertiary/aromatic N) is 1. The zero-order valence-corrected chi connectivity index (χ0v) is 11.1. The van der Waals surface area contributed by atoms with E-state index < -0.39 is 6.10 Å². The molecule has 1 aromatic carbocycles. The van der Waals surface area contributed by atoms with Crippen molar-refractivity contribution in [3.8, 4) is 0 Å². The summed E-state index contributed by atoms with van der Waals surface area (Å²) < 4.78 is 18.8. The maximum atomic E-state index is 13.3. The van der Waals surface area contributed by atoms with Crippen LogP contribution in [0.5, 0.6) is 0 Å². The highest BCUT2D eigenvalue weighted by molar-refractivity contribution is 5.55. The summed E-state index contributed by atoms with van der Waals surface area (Å²) in [5, 5.41) is 9.76. The smallest absolute Gasteiger partial charge is 0.123 e. The number of likely N-dealkylation sites (N-methyl/N-ethyl adjacent to an activating group) is 1. The van der Waals surface area contributed by atoms with E-state index in [4.69, 9.17) is 4.74 Å². The normalized spacial score (nSPS) is 25.2. The van der Waals surface area contributed by atoms with E-state index in [9.17, 15) is 9.50 Å². The Kier molecular flexibility index (Phi) is 3.88. The molecule has 1 N–H and O–H groups in total. The Balaban J connectivity index is 2.32. The Morgan fingerprint density at radius 2 is 2.22 bits per heavy atom. The molecule has 1 fully saturated rings. The molecule has 3 nitrogen and oxygen atoms in total. The number of hydrogen-bond acceptors (Lipinski definition) is 3. The van der Waals surface area contributed by atoms with Gasteiger partial charge in [0.2, 0.25) is 0 Å². The molecule has 100 valence electrons. The van der Waals surface area contributed by atoms with Crippen LogP contribution >= 0.6 is 0 Å². The zero-order chi connectivity index (χ0) is 13.3. The number of anilines is 1. The van der Waals surface area contributed by atoms with Gasteiger partial charge in [0.05, 0.1) is 18.2 Å². The fourth-order valence-corrected chi connectivity index (χ4v) is 2.59. The van der Waals surface area contributed by atoms with Gasteiger partial charge in [0.1, 0.15) is 5.82 Å². The van der Waals surface area contributed by atoms with E-state index in [-0.39, 0.29) is 18.0 Å². The molecule has 1 aliphatic heterocycles. The Labute approximate surface area is 107 Å². The second-order valence-electron chi connectivity index (χ2n) is 4.92. The van der Waals surface area contributed by atoms with Crippen molar-refractivity contribution in [2.75, 3.05) is 18.6 Å². The summed E-state index contributed by atoms with van der Waals surface area (Å²) in [7, 11) is 1.97. The summed E-state index contributed by atoms with van der Waals surface area (Å²) in [6.45, 7) is 4.45. The van der Waals surface area contributed by atoms with Crippen LogP contribution in [0.4, 0.5) is 10.1 Å². The minimum atomic E-state index is -0.684. The fourth-order valence-electron chi connectivity index (χ4n) is 2.59. The van der Waals surface area contributed by atoms with Crippen LogP contribution in [0.25, 0.3) is 0 Å². The molecule has 0 bridgehead atoms. The number of ether oxygens (including phenoxy) is 1. The van der Waals surface area contributed by atoms with Gasteiger partial charge in [-0.25, -0.2) is 4.39 Å². The molecule has 1 heterocycles. The number of benzene rings is 1. The number of rotatable bonds is 3. The van der Waals surface area contributed by atoms with Crippen LogP contribution in [0, 0.1) is 5.82 Å². The van der Waals surface area contributed by atoms with Crippen molar-refractivity contribution >= 4 is 5.69 Å². The third-order valence-electron chi connectivity index (χ3n) is 3.65. The van der Waals surface area contributed by atoms with Gasteiger partial charge in [-0.3, -0.25) is 0 Å². The first-order valence-electron chi connectivity index (χ1n) is 6.32. The summed E-state index contributed by atoms with van der Waals surface area (Å²) in [6.07, 6.45) is 0.423. The molecule has 1 aromatic rings. The van der Waals surface area contributed by atoms with Crippen molar-refractivity contribution in [3.05, 3.63) is 29.6 Å². The lowest BCUT2D eigenvalue weighted by Gasteiger charge is -2.31. The molecule has 0 aliphatic carbocycles. The van der Waals surface area contributed by atoms with Gasteiger partial charge in [-0.2, -0.15) is 0 Å². The van der Waals surface area contributed by atoms with E-state index >= 15 is 0 Å². The van der Waals surface area contributed by atoms with Crippen molar-refractivity contribution in [1.82, 2.24) is 0 Å². The van der Waals surface area contributed by atoms with Crippen LogP contribution in [0.15, 0.2) is 18.2 Å². The summed E-state index contributed by atoms with van der Waals surface area (Å²) in [4.78, 5) is 2.08. The molecule has 2 unspecified atom stereocenters. The van der Waals surface area contributed by atoms with Crippen molar-refractivity contribution in [3.63, 3.8) is 0 Å². The van der Waals surface area contributed by atoms with E-state index in [1.54, 1.807) is 13.0 Å². The molecular formula is C14H20FNO2. The van der Waals surface area contributed by atoms with Gasteiger partial charge in [-0.05, 0) is 38.5 Å². The highest BCUT2D eigenvalue weighted by Gasteiger charge is 2.29. The van der Waals surface area contributed by atoms with E-state index in [0.29, 0.717) is 5.56 Å². The monoisotopic (exact) mass is 253 g/mol. The molecule has 0 aromatic heterocycles. The lowest BCUT2D eigenvalue weighted by Crippen LogP contribution is -2.37. The van der Waals surface area contributed by atoms with E-state index in [0.717, 1.165) is 18.7 Å². The number of aliphatic hydroxyl groups is 1. The van der Waals surface area contributed by atoms with Gasteiger partial charge >= 0.3 is 0 Å². The lowest BCUT2D eigenvalue weighted by atomic mass is 10.0. The first-order chi connectivity index (χ1) is 8.50. The molecular weight excluding hydrogens is 233 g/mol. The number of aliphatic hydroxyl groups excluding tert-OH is 1. The summed E-state index contributed by atoms with van der Waals surface area (Å²) in [5.41, 5.74) is 1.49. The first-order valence-corrected chi connectivity index (χ1v) is 6.32. The standard InChI is InChI=1S/C14H20FNO2/c1-9(17)12-8-11(15)4-5-14(12)16(3)13-6-7-18-10(13)2/h4-5,8-10,13,17H,6-7H2,1-3H3/t9-,10?,13?/m0/s1. The minimum absolute atomic E-state index is 0.155. The van der Waals surface area contributed by atoms with Crippen molar-refractivity contribution in [2.24, 2.45) is 0 Å². The number of hydrogen-bond donors (Lipinski definition) is 1. The molecule has 1 saturated heterocycles. The van der Waals surface area contributed by atoms with Crippen molar-refractivity contribution in [1.29, 1.82) is 0 Å². The Bertz CT molecular complexity index is 422. The van der Waals surface area contributed by atoms with E-state index in [1.165, 1.54) is 12.1 Å². The maximum Gasteiger partial charge on any atom is 0.123 e. The molecule has 18 heavy (non-hydrogen) atoms. The average molecular weight is 253 g/mol. The predicted molar refractivity (Wildman–Crippen MR) is 69.3 cm³/mol. The summed E-state index contributed by atoms with van der Waals surface area (Å²) in [5.74, 6) is -0.321. The third-order valence-corrected chi connectivity index (χ3v) is 3.65. The van der Waals surface area contributed by atoms with Crippen LogP contribution in [0.2, 0.25) is 0 Å². The zero-order valence-electron chi connectivity index (χ0n) is 11.1. The highest BCUT2D eigenvalue weighted by Crippen LogP contribution is 2.31. The van der Waals surface area contributed by atoms with Gasteiger partial charge < -0.3 is 14.7 Å². The second kappa shape index (κ2) is 5.24. The Morgan fingerprint density at radius 1 is 1.50 bits per heavy atom. The predicted octanol–water partition coefficient (Wildman–Crippen LogP) is 2.49. The van der Waals surface area contributed by atoms with Crippen LogP contribution < -0.4 is 4.90 Å². The van der Waals surface area contributed by atoms with Crippen molar-refractivity contribution < 1.29 is 14.2 Å². The third kappa shape index (κ3) is 2.49. The second-order valence-corrected chi connectivity index (χ2v) is 4.92. The van der Waals surface area contributed by atoms with Crippen molar-refractivity contribution in [2.45, 2.75) is 38.5 Å². The first kappa shape index (κ1) is 13.3. The molecule has 2 rings (SSSR count). The van der Waals surface area contributed by atoms with Gasteiger partial charge in [0.15, 0.2) is 0 Å². The SMILES string of the molecule is CC1OCCC1N(C)c1ccc(F)cc1[C@H](C)O. The average Bonchev–Trinajstić information content (AvgIpc) is 2.74. The molecule has 0 spiro atoms. The molecule has 1 aliphatic rings. The van der Waals surface area contributed by atoms with Crippen LogP contribution in [0.3, 0.4) is 0 Å². The van der Waals surface area contributed by atoms with Gasteiger partial charge in [-0.15, -0.1) is 0 Å². The molecule has 0 amide bonds. The fraction of sp³-hybridized carbons (Fsp3) is 0.571. The molecule has 0 saturated carbocycles. The lowest BCUT2D eigenvalue weighted by molar-refractivity contribution is 0.118. The van der Waals surface area contributed by atoms with E-state index in [2.05, 4.69) is 4.90 Å². The van der Waals surface area contributed by atoms with Gasteiger partial charge in [0, 0.05) is 24.9 Å². The van der Waals surface area contributed by atoms with Gasteiger partial charge in [-0.1, -0.05) is 0 Å². The van der Waals surface area contributed by atoms with Crippen LogP contribution in [-0.2, 0) is 4.74 Å². The largest absolute Gasteiger partial charge is 0.389 e. The molecule has 3 atom stereocenters. The topological polar surface area (TPSA) is 32.7 Å². The summed E-state index contributed by atoms with van der Waals surface area (Å²) >= 11 is 0. The Hall–Kier alpha value is -1.13. The Morgan fingerprint density at radius 3 is 2.78 bits per heavy atom. The minimum Gasteiger partial charge on any atom is -0.389 e. The maximum absolute atomic E-state index is 13.3. The molecule has 4 heteroatoms. The number of halogens is 1. The molecule has 0 radical (unpaired) electrons. The summed E-state index contributed by atoms with van der Waals surface area (Å²) in [6, 6.07) is 4.82.